The average Bonchev–Trinajstić information content (AvgIpc) is 2.60. The number of thioether (sulfide) groups is 1. The number of aromatic nitrogens is 1. The molecule has 1 atom stereocenters. The topological polar surface area (TPSA) is 62.3 Å². The van der Waals surface area contributed by atoms with Crippen molar-refractivity contribution in [1.82, 2.24) is 15.2 Å². The van der Waals surface area contributed by atoms with E-state index in [-0.39, 0.29) is 11.8 Å². The van der Waals surface area contributed by atoms with E-state index in [1.807, 2.05) is 30.5 Å². The van der Waals surface area contributed by atoms with E-state index in [1.54, 1.807) is 51.1 Å². The van der Waals surface area contributed by atoms with Crippen LogP contribution in [0.15, 0.2) is 53.7 Å². The fourth-order valence-corrected chi connectivity index (χ4v) is 2.91. The number of hydrogen-bond acceptors (Lipinski definition) is 4. The Kier molecular flexibility index (Phi) is 6.37. The molecule has 0 fully saturated rings. The molecule has 0 saturated carbocycles. The van der Waals surface area contributed by atoms with Crippen LogP contribution in [0, 0.1) is 0 Å². The zero-order valence-corrected chi connectivity index (χ0v) is 14.8. The third kappa shape index (κ3) is 5.09. The maximum Gasteiger partial charge on any atom is 0.251 e. The predicted molar refractivity (Wildman–Crippen MR) is 95.9 cm³/mol. The summed E-state index contributed by atoms with van der Waals surface area (Å²) >= 11 is 1.68. The van der Waals surface area contributed by atoms with Gasteiger partial charge in [0.2, 0.25) is 5.91 Å². The van der Waals surface area contributed by atoms with Crippen LogP contribution in [0.3, 0.4) is 0 Å². The second-order valence-corrected chi connectivity index (χ2v) is 6.65. The molecule has 2 aromatic rings. The van der Waals surface area contributed by atoms with Crippen molar-refractivity contribution >= 4 is 23.6 Å². The van der Waals surface area contributed by atoms with Gasteiger partial charge < -0.3 is 10.2 Å². The summed E-state index contributed by atoms with van der Waals surface area (Å²) in [5, 5.41) is 2.71. The standard InChI is InChI=1S/C18H21N3O2S/c1-13(18(23)21(2)3)20-17(22)15-6-8-16(9-7-15)24-12-14-5-4-10-19-11-14/h4-11,13H,12H2,1-3H3,(H,20,22)/t13-/m0/s1. The molecule has 126 valence electrons. The molecule has 0 saturated heterocycles. The molecule has 1 aromatic carbocycles. The first kappa shape index (κ1) is 18.0. The molecule has 0 radical (unpaired) electrons. The van der Waals surface area contributed by atoms with Crippen LogP contribution in [0.4, 0.5) is 0 Å². The number of carbonyl (C=O) groups is 2. The van der Waals surface area contributed by atoms with Gasteiger partial charge in [-0.3, -0.25) is 14.6 Å². The second-order valence-electron chi connectivity index (χ2n) is 5.60. The molecule has 1 aromatic heterocycles. The van der Waals surface area contributed by atoms with Crippen LogP contribution >= 0.6 is 11.8 Å². The van der Waals surface area contributed by atoms with Crippen molar-refractivity contribution in [1.29, 1.82) is 0 Å². The molecule has 1 N–H and O–H groups in total. The summed E-state index contributed by atoms with van der Waals surface area (Å²) in [7, 11) is 3.33. The summed E-state index contributed by atoms with van der Waals surface area (Å²) < 4.78 is 0. The maximum absolute atomic E-state index is 12.2. The first-order valence-corrected chi connectivity index (χ1v) is 8.59. The molecule has 0 aliphatic carbocycles. The fourth-order valence-electron chi connectivity index (χ4n) is 2.08. The Hall–Kier alpha value is -2.34. The van der Waals surface area contributed by atoms with Crippen LogP contribution in [0.2, 0.25) is 0 Å². The number of likely N-dealkylation sites (N-methyl/N-ethyl adjacent to an activating group) is 1. The number of rotatable bonds is 6. The lowest BCUT2D eigenvalue weighted by atomic mass is 10.2. The Morgan fingerprint density at radius 1 is 1.21 bits per heavy atom. The molecule has 0 aliphatic heterocycles. The Morgan fingerprint density at radius 3 is 2.50 bits per heavy atom. The molecule has 6 heteroatoms. The van der Waals surface area contributed by atoms with E-state index >= 15 is 0 Å². The summed E-state index contributed by atoms with van der Waals surface area (Å²) in [6.07, 6.45) is 3.60. The number of benzene rings is 1. The summed E-state index contributed by atoms with van der Waals surface area (Å²) in [5.74, 6) is 0.446. The first-order chi connectivity index (χ1) is 11.5. The minimum atomic E-state index is -0.549. The minimum Gasteiger partial charge on any atom is -0.347 e. The van der Waals surface area contributed by atoms with Crippen LogP contribution in [0.25, 0.3) is 0 Å². The van der Waals surface area contributed by atoms with Gasteiger partial charge in [-0.05, 0) is 42.8 Å². The Morgan fingerprint density at radius 2 is 1.92 bits per heavy atom. The van der Waals surface area contributed by atoms with Crippen molar-refractivity contribution in [2.24, 2.45) is 0 Å². The number of carbonyl (C=O) groups excluding carboxylic acids is 2. The van der Waals surface area contributed by atoms with E-state index in [4.69, 9.17) is 0 Å². The van der Waals surface area contributed by atoms with Gasteiger partial charge in [-0.25, -0.2) is 0 Å². The monoisotopic (exact) mass is 343 g/mol. The smallest absolute Gasteiger partial charge is 0.251 e. The fraction of sp³-hybridized carbons (Fsp3) is 0.278. The zero-order chi connectivity index (χ0) is 17.5. The van der Waals surface area contributed by atoms with Gasteiger partial charge in [0.25, 0.3) is 5.91 Å². The van der Waals surface area contributed by atoms with Gasteiger partial charge in [0.1, 0.15) is 6.04 Å². The average molecular weight is 343 g/mol. The van der Waals surface area contributed by atoms with Crippen LogP contribution in [-0.4, -0.2) is 41.8 Å². The number of pyridine rings is 1. The summed E-state index contributed by atoms with van der Waals surface area (Å²) in [6, 6.07) is 10.8. The van der Waals surface area contributed by atoms with Gasteiger partial charge in [-0.15, -0.1) is 11.8 Å². The van der Waals surface area contributed by atoms with Crippen molar-refractivity contribution in [3.8, 4) is 0 Å². The van der Waals surface area contributed by atoms with Crippen molar-refractivity contribution in [2.45, 2.75) is 23.6 Å². The highest BCUT2D eigenvalue weighted by molar-refractivity contribution is 7.98. The van der Waals surface area contributed by atoms with Gasteiger partial charge in [-0.1, -0.05) is 6.07 Å². The Labute approximate surface area is 146 Å². The Balaban J connectivity index is 1.91. The highest BCUT2D eigenvalue weighted by atomic mass is 32.2. The molecule has 2 amide bonds. The van der Waals surface area contributed by atoms with Gasteiger partial charge in [0.05, 0.1) is 0 Å². The van der Waals surface area contributed by atoms with Gasteiger partial charge in [0.15, 0.2) is 0 Å². The maximum atomic E-state index is 12.2. The third-order valence-corrected chi connectivity index (χ3v) is 4.49. The summed E-state index contributed by atoms with van der Waals surface area (Å²) in [5.41, 5.74) is 1.69. The summed E-state index contributed by atoms with van der Waals surface area (Å²) in [6.45, 7) is 1.68. The zero-order valence-electron chi connectivity index (χ0n) is 14.0. The highest BCUT2D eigenvalue weighted by Crippen LogP contribution is 2.22. The van der Waals surface area contributed by atoms with Crippen LogP contribution in [0.5, 0.6) is 0 Å². The van der Waals surface area contributed by atoms with E-state index in [0.29, 0.717) is 5.56 Å². The third-order valence-electron chi connectivity index (χ3n) is 3.40. The predicted octanol–water partition coefficient (Wildman–Crippen LogP) is 2.58. The quantitative estimate of drug-likeness (QED) is 0.819. The van der Waals surface area contributed by atoms with E-state index < -0.39 is 6.04 Å². The van der Waals surface area contributed by atoms with Gasteiger partial charge >= 0.3 is 0 Å². The van der Waals surface area contributed by atoms with Crippen molar-refractivity contribution in [3.05, 3.63) is 59.9 Å². The van der Waals surface area contributed by atoms with Crippen molar-refractivity contribution < 1.29 is 9.59 Å². The normalized spacial score (nSPS) is 11.6. The molecule has 2 rings (SSSR count). The molecule has 0 bridgehead atoms. The molecule has 1 heterocycles. The second kappa shape index (κ2) is 8.49. The lowest BCUT2D eigenvalue weighted by molar-refractivity contribution is -0.130. The first-order valence-electron chi connectivity index (χ1n) is 7.61. The molecule has 0 aliphatic rings. The molecule has 5 nitrogen and oxygen atoms in total. The van der Waals surface area contributed by atoms with Crippen LogP contribution in [0.1, 0.15) is 22.8 Å². The van der Waals surface area contributed by atoms with E-state index in [2.05, 4.69) is 10.3 Å². The molecule has 24 heavy (non-hydrogen) atoms. The molecular formula is C18H21N3O2S. The van der Waals surface area contributed by atoms with E-state index in [0.717, 1.165) is 16.2 Å². The van der Waals surface area contributed by atoms with E-state index in [1.165, 1.54) is 4.90 Å². The molecule has 0 spiro atoms. The van der Waals surface area contributed by atoms with Crippen LogP contribution in [-0.2, 0) is 10.5 Å². The lowest BCUT2D eigenvalue weighted by Crippen LogP contribution is -2.44. The highest BCUT2D eigenvalue weighted by Gasteiger charge is 2.17. The van der Waals surface area contributed by atoms with Gasteiger partial charge in [-0.2, -0.15) is 0 Å². The minimum absolute atomic E-state index is 0.132. The van der Waals surface area contributed by atoms with Crippen molar-refractivity contribution in [2.75, 3.05) is 14.1 Å². The SMILES string of the molecule is C[C@H](NC(=O)c1ccc(SCc2cccnc2)cc1)C(=O)N(C)C. The summed E-state index contributed by atoms with van der Waals surface area (Å²) in [4.78, 5) is 30.6. The molecule has 0 unspecified atom stereocenters. The lowest BCUT2D eigenvalue weighted by Gasteiger charge is -2.18. The van der Waals surface area contributed by atoms with E-state index in [9.17, 15) is 9.59 Å². The van der Waals surface area contributed by atoms with Gasteiger partial charge in [0, 0.05) is 42.7 Å². The number of amides is 2. The number of hydrogen-bond donors (Lipinski definition) is 1. The number of nitrogens with one attached hydrogen (secondary N) is 1. The largest absolute Gasteiger partial charge is 0.347 e. The molecular weight excluding hydrogens is 322 g/mol. The Bertz CT molecular complexity index is 687. The van der Waals surface area contributed by atoms with Crippen LogP contribution < -0.4 is 5.32 Å². The number of nitrogens with zero attached hydrogens (tertiary/aromatic N) is 2. The van der Waals surface area contributed by atoms with Crippen molar-refractivity contribution in [3.63, 3.8) is 0 Å².